The van der Waals surface area contributed by atoms with E-state index in [0.29, 0.717) is 18.2 Å². The zero-order valence-electron chi connectivity index (χ0n) is 15.0. The normalized spacial score (nSPS) is 10.3. The first-order chi connectivity index (χ1) is 12.5. The minimum absolute atomic E-state index is 0.247. The van der Waals surface area contributed by atoms with E-state index in [0.717, 1.165) is 11.4 Å². The summed E-state index contributed by atoms with van der Waals surface area (Å²) in [5.74, 6) is -0.0123. The number of esters is 1. The van der Waals surface area contributed by atoms with Crippen molar-refractivity contribution in [1.82, 2.24) is 5.32 Å². The highest BCUT2D eigenvalue weighted by Crippen LogP contribution is 2.19. The number of nitrogens with one attached hydrogen (secondary N) is 2. The summed E-state index contributed by atoms with van der Waals surface area (Å²) in [6.45, 7) is 3.98. The number of anilines is 2. The molecule has 0 heterocycles. The number of hydrogen-bond acceptors (Lipinski definition) is 5. The number of rotatable bonds is 9. The number of amides is 1. The molecule has 6 heteroatoms. The molecule has 0 spiro atoms. The first-order valence-electron chi connectivity index (χ1n) is 8.50. The van der Waals surface area contributed by atoms with Crippen LogP contribution in [0.15, 0.2) is 54.6 Å². The van der Waals surface area contributed by atoms with Gasteiger partial charge in [-0.1, -0.05) is 32.0 Å². The standard InChI is InChI=1S/C20H24N2O4/c1-15(2)12-21-19(23)13-26-20(24)14-25-18-10-8-17(9-11-18)22-16-6-4-3-5-7-16/h3-11,15,22H,12-14H2,1-2H3,(H,21,23). The van der Waals surface area contributed by atoms with Crippen LogP contribution in [0.3, 0.4) is 0 Å². The SMILES string of the molecule is CC(C)CNC(=O)COC(=O)COc1ccc(Nc2ccccc2)cc1. The summed E-state index contributed by atoms with van der Waals surface area (Å²) < 4.78 is 10.2. The maximum absolute atomic E-state index is 11.6. The molecule has 0 saturated heterocycles. The number of hydrogen-bond donors (Lipinski definition) is 2. The third-order valence-corrected chi connectivity index (χ3v) is 3.35. The Morgan fingerprint density at radius 2 is 1.58 bits per heavy atom. The average molecular weight is 356 g/mol. The molecule has 0 atom stereocenters. The molecular formula is C20H24N2O4. The summed E-state index contributed by atoms with van der Waals surface area (Å²) >= 11 is 0. The molecular weight excluding hydrogens is 332 g/mol. The Morgan fingerprint density at radius 3 is 2.23 bits per heavy atom. The molecule has 1 amide bonds. The monoisotopic (exact) mass is 356 g/mol. The Bertz CT molecular complexity index is 700. The molecule has 0 aromatic heterocycles. The van der Waals surface area contributed by atoms with Crippen molar-refractivity contribution in [3.05, 3.63) is 54.6 Å². The van der Waals surface area contributed by atoms with E-state index in [1.807, 2.05) is 56.3 Å². The fraction of sp³-hybridized carbons (Fsp3) is 0.300. The fourth-order valence-electron chi connectivity index (χ4n) is 2.02. The molecule has 138 valence electrons. The molecule has 2 N–H and O–H groups in total. The van der Waals surface area contributed by atoms with Crippen LogP contribution in [0.25, 0.3) is 0 Å². The summed E-state index contributed by atoms with van der Waals surface area (Å²) in [5, 5.41) is 5.93. The van der Waals surface area contributed by atoms with Crippen LogP contribution in [-0.4, -0.2) is 31.6 Å². The molecule has 2 aromatic rings. The number of ether oxygens (including phenoxy) is 2. The van der Waals surface area contributed by atoms with E-state index < -0.39 is 5.97 Å². The van der Waals surface area contributed by atoms with Gasteiger partial charge in [0.15, 0.2) is 13.2 Å². The van der Waals surface area contributed by atoms with Crippen molar-refractivity contribution in [1.29, 1.82) is 0 Å². The largest absolute Gasteiger partial charge is 0.482 e. The van der Waals surface area contributed by atoms with Crippen LogP contribution in [0.1, 0.15) is 13.8 Å². The van der Waals surface area contributed by atoms with Gasteiger partial charge in [-0.15, -0.1) is 0 Å². The maximum atomic E-state index is 11.6. The van der Waals surface area contributed by atoms with E-state index in [1.165, 1.54) is 0 Å². The molecule has 2 aromatic carbocycles. The lowest BCUT2D eigenvalue weighted by Gasteiger charge is -2.10. The summed E-state index contributed by atoms with van der Waals surface area (Å²) in [6, 6.07) is 17.0. The predicted octanol–water partition coefficient (Wildman–Crippen LogP) is 3.12. The Morgan fingerprint density at radius 1 is 0.923 bits per heavy atom. The number of carbonyl (C=O) groups is 2. The van der Waals surface area contributed by atoms with Crippen molar-refractivity contribution in [3.8, 4) is 5.75 Å². The van der Waals surface area contributed by atoms with Crippen molar-refractivity contribution in [3.63, 3.8) is 0 Å². The highest BCUT2D eigenvalue weighted by molar-refractivity contribution is 5.80. The third kappa shape index (κ3) is 7.25. The molecule has 0 radical (unpaired) electrons. The van der Waals surface area contributed by atoms with Gasteiger partial charge in [0.05, 0.1) is 0 Å². The van der Waals surface area contributed by atoms with E-state index >= 15 is 0 Å². The van der Waals surface area contributed by atoms with E-state index in [1.54, 1.807) is 12.1 Å². The zero-order valence-corrected chi connectivity index (χ0v) is 15.0. The number of benzene rings is 2. The molecule has 0 aliphatic carbocycles. The zero-order chi connectivity index (χ0) is 18.8. The van der Waals surface area contributed by atoms with Crippen LogP contribution < -0.4 is 15.4 Å². The van der Waals surface area contributed by atoms with Crippen molar-refractivity contribution in [2.45, 2.75) is 13.8 Å². The average Bonchev–Trinajstić information content (AvgIpc) is 2.65. The van der Waals surface area contributed by atoms with Crippen LogP contribution in [0.2, 0.25) is 0 Å². The predicted molar refractivity (Wildman–Crippen MR) is 100 cm³/mol. The molecule has 26 heavy (non-hydrogen) atoms. The first kappa shape index (κ1) is 19.3. The van der Waals surface area contributed by atoms with Gasteiger partial charge in [0.1, 0.15) is 5.75 Å². The molecule has 0 saturated carbocycles. The molecule has 0 aliphatic rings. The van der Waals surface area contributed by atoms with Gasteiger partial charge in [-0.05, 0) is 42.3 Å². The Kier molecular flexibility index (Phi) is 7.49. The van der Waals surface area contributed by atoms with Crippen molar-refractivity contribution in [2.75, 3.05) is 25.1 Å². The smallest absolute Gasteiger partial charge is 0.344 e. The fourth-order valence-corrected chi connectivity index (χ4v) is 2.02. The summed E-state index contributed by atoms with van der Waals surface area (Å²) in [6.07, 6.45) is 0. The van der Waals surface area contributed by atoms with Gasteiger partial charge in [-0.2, -0.15) is 0 Å². The van der Waals surface area contributed by atoms with Gasteiger partial charge in [-0.25, -0.2) is 4.79 Å². The Hall–Kier alpha value is -3.02. The lowest BCUT2D eigenvalue weighted by atomic mass is 10.2. The number of carbonyl (C=O) groups excluding carboxylic acids is 2. The Labute approximate surface area is 153 Å². The molecule has 0 bridgehead atoms. The number of para-hydroxylation sites is 1. The van der Waals surface area contributed by atoms with Crippen molar-refractivity contribution >= 4 is 23.3 Å². The van der Waals surface area contributed by atoms with Gasteiger partial charge in [0.2, 0.25) is 0 Å². The molecule has 0 fully saturated rings. The van der Waals surface area contributed by atoms with Gasteiger partial charge >= 0.3 is 5.97 Å². The second-order valence-electron chi connectivity index (χ2n) is 6.16. The minimum atomic E-state index is -0.587. The van der Waals surface area contributed by atoms with Gasteiger partial charge in [0.25, 0.3) is 5.91 Å². The highest BCUT2D eigenvalue weighted by atomic mass is 16.6. The lowest BCUT2D eigenvalue weighted by molar-refractivity contribution is -0.150. The third-order valence-electron chi connectivity index (χ3n) is 3.35. The van der Waals surface area contributed by atoms with Crippen molar-refractivity contribution < 1.29 is 19.1 Å². The first-order valence-corrected chi connectivity index (χ1v) is 8.50. The van der Waals surface area contributed by atoms with Crippen molar-refractivity contribution in [2.24, 2.45) is 5.92 Å². The second-order valence-corrected chi connectivity index (χ2v) is 6.16. The summed E-state index contributed by atoms with van der Waals surface area (Å²) in [7, 11) is 0. The topological polar surface area (TPSA) is 76.7 Å². The van der Waals surface area contributed by atoms with Gasteiger partial charge in [0, 0.05) is 17.9 Å². The lowest BCUT2D eigenvalue weighted by Crippen LogP contribution is -2.32. The van der Waals surface area contributed by atoms with Crippen LogP contribution >= 0.6 is 0 Å². The minimum Gasteiger partial charge on any atom is -0.482 e. The highest BCUT2D eigenvalue weighted by Gasteiger charge is 2.08. The quantitative estimate of drug-likeness (QED) is 0.675. The molecule has 0 aliphatic heterocycles. The van der Waals surface area contributed by atoms with Crippen LogP contribution in [0, 0.1) is 5.92 Å². The summed E-state index contributed by atoms with van der Waals surface area (Å²) in [5.41, 5.74) is 1.90. The summed E-state index contributed by atoms with van der Waals surface area (Å²) in [4.78, 5) is 23.1. The maximum Gasteiger partial charge on any atom is 0.344 e. The van der Waals surface area contributed by atoms with Crippen LogP contribution in [-0.2, 0) is 14.3 Å². The molecule has 2 rings (SSSR count). The Balaban J connectivity index is 1.70. The molecule has 6 nitrogen and oxygen atoms in total. The molecule has 0 unspecified atom stereocenters. The van der Waals surface area contributed by atoms with Crippen LogP contribution in [0.4, 0.5) is 11.4 Å². The van der Waals surface area contributed by atoms with E-state index in [-0.39, 0.29) is 19.1 Å². The van der Waals surface area contributed by atoms with Gasteiger partial charge < -0.3 is 20.1 Å². The van der Waals surface area contributed by atoms with Gasteiger partial charge in [-0.3, -0.25) is 4.79 Å². The van der Waals surface area contributed by atoms with E-state index in [2.05, 4.69) is 10.6 Å². The van der Waals surface area contributed by atoms with Crippen LogP contribution in [0.5, 0.6) is 5.75 Å². The van der Waals surface area contributed by atoms with E-state index in [4.69, 9.17) is 9.47 Å². The second kappa shape index (κ2) is 10.1. The van der Waals surface area contributed by atoms with E-state index in [9.17, 15) is 9.59 Å².